The number of thiazole rings is 1. The molecule has 0 atom stereocenters. The van der Waals surface area contributed by atoms with Crippen LogP contribution < -0.4 is 15.0 Å². The maximum absolute atomic E-state index is 12.6. The third kappa shape index (κ3) is 4.08. The fourth-order valence-electron chi connectivity index (χ4n) is 3.33. The molecule has 2 aromatic carbocycles. The summed E-state index contributed by atoms with van der Waals surface area (Å²) in [7, 11) is 0. The van der Waals surface area contributed by atoms with Gasteiger partial charge in [0.15, 0.2) is 11.7 Å². The zero-order valence-corrected chi connectivity index (χ0v) is 17.8. The molecule has 3 aromatic rings. The second-order valence-corrected chi connectivity index (χ2v) is 8.15. The number of rotatable bonds is 6. The quantitative estimate of drug-likeness (QED) is 0.342. The molecule has 10 heteroatoms. The number of amides is 2. The fourth-order valence-corrected chi connectivity index (χ4v) is 4.16. The van der Waals surface area contributed by atoms with Gasteiger partial charge < -0.3 is 9.64 Å². The second-order valence-electron chi connectivity index (χ2n) is 6.95. The summed E-state index contributed by atoms with van der Waals surface area (Å²) in [5.41, 5.74) is 2.05. The number of hydrogen-bond donors (Lipinski definition) is 1. The first-order valence-electron chi connectivity index (χ1n) is 9.59. The molecule has 0 unspecified atom stereocenters. The van der Waals surface area contributed by atoms with Crippen LogP contribution in [0.2, 0.25) is 0 Å². The van der Waals surface area contributed by atoms with Crippen LogP contribution in [0.5, 0.6) is 5.75 Å². The van der Waals surface area contributed by atoms with E-state index in [4.69, 9.17) is 4.74 Å². The molecule has 1 aliphatic rings. The van der Waals surface area contributed by atoms with Crippen LogP contribution in [0.4, 0.5) is 16.5 Å². The third-order valence-corrected chi connectivity index (χ3v) is 5.71. The van der Waals surface area contributed by atoms with Crippen molar-refractivity contribution in [3.05, 3.63) is 75.7 Å². The normalized spacial score (nSPS) is 12.7. The van der Waals surface area contributed by atoms with Crippen molar-refractivity contribution in [3.63, 3.8) is 0 Å². The van der Waals surface area contributed by atoms with Crippen molar-refractivity contribution in [2.24, 2.45) is 0 Å². The number of nitro groups is 1. The van der Waals surface area contributed by atoms with E-state index in [2.05, 4.69) is 16.9 Å². The molecule has 1 aliphatic heterocycles. The lowest BCUT2D eigenvalue weighted by Gasteiger charge is -2.28. The van der Waals surface area contributed by atoms with Crippen LogP contribution in [0.15, 0.2) is 55.1 Å². The number of aromatic nitrogens is 1. The Hall–Kier alpha value is -4.05. The highest BCUT2D eigenvalue weighted by Crippen LogP contribution is 2.38. The van der Waals surface area contributed by atoms with Gasteiger partial charge in [-0.15, -0.1) is 17.9 Å². The molecular formula is C22H18N4O5S. The lowest BCUT2D eigenvalue weighted by atomic mass is 10.1. The van der Waals surface area contributed by atoms with Crippen LogP contribution in [0, 0.1) is 17.0 Å². The van der Waals surface area contributed by atoms with Gasteiger partial charge in [0.05, 0.1) is 16.3 Å². The first-order valence-corrected chi connectivity index (χ1v) is 10.4. The SMILES string of the molecule is C=CCN1C(=O)COc2ccc(-c3nc(NC(=O)c4cccc([N+](=O)[O-])c4)sc3C)cc21. The van der Waals surface area contributed by atoms with Gasteiger partial charge in [-0.3, -0.25) is 25.0 Å². The number of ether oxygens (including phenoxy) is 1. The first-order chi connectivity index (χ1) is 15.4. The summed E-state index contributed by atoms with van der Waals surface area (Å²) in [6.45, 7) is 5.91. The van der Waals surface area contributed by atoms with Gasteiger partial charge in [-0.05, 0) is 31.2 Å². The number of nitro benzene ring substituents is 1. The van der Waals surface area contributed by atoms with Gasteiger partial charge in [-0.25, -0.2) is 4.98 Å². The highest BCUT2D eigenvalue weighted by atomic mass is 32.1. The van der Waals surface area contributed by atoms with E-state index >= 15 is 0 Å². The van der Waals surface area contributed by atoms with Crippen LogP contribution in [0.25, 0.3) is 11.3 Å². The lowest BCUT2D eigenvalue weighted by Crippen LogP contribution is -2.38. The van der Waals surface area contributed by atoms with Gasteiger partial charge in [0.2, 0.25) is 0 Å². The van der Waals surface area contributed by atoms with Gasteiger partial charge in [0.1, 0.15) is 5.75 Å². The number of carbonyl (C=O) groups excluding carboxylic acids is 2. The summed E-state index contributed by atoms with van der Waals surface area (Å²) in [6.07, 6.45) is 1.65. The number of nitrogens with one attached hydrogen (secondary N) is 1. The van der Waals surface area contributed by atoms with Gasteiger partial charge in [0, 0.05) is 34.7 Å². The van der Waals surface area contributed by atoms with Gasteiger partial charge >= 0.3 is 0 Å². The standard InChI is InChI=1S/C22H18N4O5S/c1-3-9-25-17-11-14(7-8-18(17)31-12-19(25)27)20-13(2)32-22(23-20)24-21(28)15-5-4-6-16(10-15)26(29)30/h3-8,10-11H,1,9,12H2,2H3,(H,23,24,28). The molecule has 1 N–H and O–H groups in total. The smallest absolute Gasteiger partial charge is 0.270 e. The number of fused-ring (bicyclic) bond motifs is 1. The molecule has 0 fully saturated rings. The zero-order chi connectivity index (χ0) is 22.8. The molecule has 0 saturated carbocycles. The maximum atomic E-state index is 12.6. The van der Waals surface area contributed by atoms with Crippen LogP contribution in [0.1, 0.15) is 15.2 Å². The van der Waals surface area contributed by atoms with Crippen molar-refractivity contribution in [1.82, 2.24) is 4.98 Å². The molecular weight excluding hydrogens is 432 g/mol. The van der Waals surface area contributed by atoms with E-state index in [9.17, 15) is 19.7 Å². The molecule has 0 bridgehead atoms. The summed E-state index contributed by atoms with van der Waals surface area (Å²) in [5.74, 6) is -0.0488. The fraction of sp³-hybridized carbons (Fsp3) is 0.136. The molecule has 0 aliphatic carbocycles. The minimum Gasteiger partial charge on any atom is -0.482 e. The van der Waals surface area contributed by atoms with Crippen molar-refractivity contribution in [1.29, 1.82) is 0 Å². The second kappa shape index (κ2) is 8.60. The van der Waals surface area contributed by atoms with E-state index < -0.39 is 10.8 Å². The summed E-state index contributed by atoms with van der Waals surface area (Å²) in [4.78, 5) is 42.2. The summed E-state index contributed by atoms with van der Waals surface area (Å²) in [6, 6.07) is 10.9. The molecule has 0 saturated heterocycles. The molecule has 0 spiro atoms. The average Bonchev–Trinajstić information content (AvgIpc) is 3.15. The van der Waals surface area contributed by atoms with E-state index in [0.717, 1.165) is 10.4 Å². The number of carbonyl (C=O) groups is 2. The van der Waals surface area contributed by atoms with Crippen LogP contribution in [-0.2, 0) is 4.79 Å². The molecule has 0 radical (unpaired) electrons. The van der Waals surface area contributed by atoms with E-state index in [1.807, 2.05) is 19.1 Å². The summed E-state index contributed by atoms with van der Waals surface area (Å²) < 4.78 is 5.52. The molecule has 2 amide bonds. The topological polar surface area (TPSA) is 115 Å². The van der Waals surface area contributed by atoms with Crippen molar-refractivity contribution >= 4 is 39.7 Å². The van der Waals surface area contributed by atoms with Crippen molar-refractivity contribution in [3.8, 4) is 17.0 Å². The van der Waals surface area contributed by atoms with E-state index in [1.54, 1.807) is 17.0 Å². The predicted octanol–water partition coefficient (Wildman–Crippen LogP) is 4.19. The first kappa shape index (κ1) is 21.2. The largest absolute Gasteiger partial charge is 0.482 e. The Bertz CT molecular complexity index is 1250. The highest BCUT2D eigenvalue weighted by Gasteiger charge is 2.25. The average molecular weight is 450 g/mol. The predicted molar refractivity (Wildman–Crippen MR) is 121 cm³/mol. The highest BCUT2D eigenvalue weighted by molar-refractivity contribution is 7.16. The molecule has 1 aromatic heterocycles. The van der Waals surface area contributed by atoms with E-state index in [1.165, 1.54) is 35.6 Å². The van der Waals surface area contributed by atoms with Gasteiger partial charge in [0.25, 0.3) is 17.5 Å². The van der Waals surface area contributed by atoms with Crippen LogP contribution >= 0.6 is 11.3 Å². The Kier molecular flexibility index (Phi) is 5.69. The third-order valence-electron chi connectivity index (χ3n) is 4.82. The maximum Gasteiger partial charge on any atom is 0.270 e. The van der Waals surface area contributed by atoms with E-state index in [-0.39, 0.29) is 23.8 Å². The Balaban J connectivity index is 1.61. The molecule has 32 heavy (non-hydrogen) atoms. The number of hydrogen-bond acceptors (Lipinski definition) is 7. The Morgan fingerprint density at radius 1 is 1.38 bits per heavy atom. The van der Waals surface area contributed by atoms with Gasteiger partial charge in [-0.1, -0.05) is 12.1 Å². The number of anilines is 2. The molecule has 162 valence electrons. The Morgan fingerprint density at radius 3 is 2.94 bits per heavy atom. The van der Waals surface area contributed by atoms with Crippen molar-refractivity contribution < 1.29 is 19.2 Å². The molecule has 4 rings (SSSR count). The van der Waals surface area contributed by atoms with Crippen molar-refractivity contribution in [2.75, 3.05) is 23.4 Å². The van der Waals surface area contributed by atoms with E-state index in [0.29, 0.717) is 28.8 Å². The molecule has 2 heterocycles. The summed E-state index contributed by atoms with van der Waals surface area (Å²) >= 11 is 1.29. The molecule has 9 nitrogen and oxygen atoms in total. The van der Waals surface area contributed by atoms with Crippen LogP contribution in [-0.4, -0.2) is 34.9 Å². The summed E-state index contributed by atoms with van der Waals surface area (Å²) in [5, 5.41) is 14.0. The number of benzene rings is 2. The van der Waals surface area contributed by atoms with Crippen molar-refractivity contribution in [2.45, 2.75) is 6.92 Å². The number of non-ortho nitro benzene ring substituents is 1. The minimum absolute atomic E-state index is 0.0241. The zero-order valence-electron chi connectivity index (χ0n) is 17.0. The van der Waals surface area contributed by atoms with Crippen LogP contribution in [0.3, 0.4) is 0 Å². The number of nitrogens with zero attached hydrogens (tertiary/aromatic N) is 3. The minimum atomic E-state index is -0.553. The Morgan fingerprint density at radius 2 is 2.19 bits per heavy atom. The number of aryl methyl sites for hydroxylation is 1. The van der Waals surface area contributed by atoms with Gasteiger partial charge in [-0.2, -0.15) is 0 Å². The lowest BCUT2D eigenvalue weighted by molar-refractivity contribution is -0.384. The Labute approximate surface area is 187 Å². The monoisotopic (exact) mass is 450 g/mol.